The largest absolute Gasteiger partial charge is 0.492 e. The van der Waals surface area contributed by atoms with Crippen LogP contribution >= 0.6 is 11.8 Å². The molecule has 0 spiro atoms. The molecule has 1 atom stereocenters. The Bertz CT molecular complexity index is 998. The second-order valence-corrected chi connectivity index (χ2v) is 8.93. The first kappa shape index (κ1) is 24.2. The molecule has 2 aliphatic heterocycles. The highest BCUT2D eigenvalue weighted by atomic mass is 32.2. The zero-order chi connectivity index (χ0) is 23.9. The molecule has 1 N–H and O–H groups in total. The number of ether oxygens (including phenoxy) is 3. The number of rotatable bonds is 8. The zero-order valence-corrected chi connectivity index (χ0v) is 20.4. The number of carbonyl (C=O) groups excluding carboxylic acids is 2. The normalized spacial score (nSPS) is 18.0. The molecule has 2 saturated heterocycles. The van der Waals surface area contributed by atoms with Crippen LogP contribution in [-0.2, 0) is 9.53 Å². The van der Waals surface area contributed by atoms with E-state index in [2.05, 4.69) is 10.2 Å². The summed E-state index contributed by atoms with van der Waals surface area (Å²) in [6.45, 7) is 7.61. The summed E-state index contributed by atoms with van der Waals surface area (Å²) in [6, 6.07) is 12.2. The molecule has 2 amide bonds. The van der Waals surface area contributed by atoms with E-state index in [0.717, 1.165) is 18.8 Å². The fraction of sp³-hybridized carbons (Fsp3) is 0.440. The first-order valence-corrected chi connectivity index (χ1v) is 12.8. The van der Waals surface area contributed by atoms with E-state index in [4.69, 9.17) is 14.2 Å². The van der Waals surface area contributed by atoms with Gasteiger partial charge in [0.15, 0.2) is 0 Å². The summed E-state index contributed by atoms with van der Waals surface area (Å²) in [5, 5.41) is 3.01. The maximum atomic E-state index is 13.3. The van der Waals surface area contributed by atoms with E-state index < -0.39 is 6.04 Å². The molecule has 2 aromatic rings. The zero-order valence-electron chi connectivity index (χ0n) is 19.6. The third kappa shape index (κ3) is 5.42. The molecule has 4 rings (SSSR count). The summed E-state index contributed by atoms with van der Waals surface area (Å²) in [5.74, 6) is 1.89. The molecule has 2 fully saturated rings. The Hall–Kier alpha value is -2.91. The van der Waals surface area contributed by atoms with Gasteiger partial charge < -0.3 is 29.3 Å². The highest BCUT2D eigenvalue weighted by Crippen LogP contribution is 2.39. The maximum Gasteiger partial charge on any atom is 0.255 e. The lowest BCUT2D eigenvalue weighted by atomic mass is 10.1. The lowest BCUT2D eigenvalue weighted by molar-refractivity contribution is -0.119. The van der Waals surface area contributed by atoms with Crippen molar-refractivity contribution in [2.45, 2.75) is 19.9 Å². The van der Waals surface area contributed by atoms with Gasteiger partial charge in [0, 0.05) is 36.5 Å². The molecule has 0 aromatic heterocycles. The minimum Gasteiger partial charge on any atom is -0.492 e. The highest BCUT2D eigenvalue weighted by molar-refractivity contribution is 7.99. The third-order valence-electron chi connectivity index (χ3n) is 5.74. The number of nitrogens with zero attached hydrogens (tertiary/aromatic N) is 2. The van der Waals surface area contributed by atoms with Gasteiger partial charge in [-0.05, 0) is 26.0 Å². The number of hydrogen-bond acceptors (Lipinski definition) is 7. The smallest absolute Gasteiger partial charge is 0.255 e. The molecule has 0 bridgehead atoms. The average molecular weight is 486 g/mol. The van der Waals surface area contributed by atoms with Crippen molar-refractivity contribution in [3.8, 4) is 11.5 Å². The van der Waals surface area contributed by atoms with Crippen molar-refractivity contribution in [2.24, 2.45) is 0 Å². The number of hydrogen-bond donors (Lipinski definition) is 1. The summed E-state index contributed by atoms with van der Waals surface area (Å²) in [5.41, 5.74) is 2.03. The minimum atomic E-state index is -0.568. The van der Waals surface area contributed by atoms with Gasteiger partial charge >= 0.3 is 0 Å². The summed E-state index contributed by atoms with van der Waals surface area (Å²) in [4.78, 5) is 30.2. The monoisotopic (exact) mass is 485 g/mol. The molecule has 0 saturated carbocycles. The molecule has 2 aromatic carbocycles. The Morgan fingerprint density at radius 3 is 2.47 bits per heavy atom. The van der Waals surface area contributed by atoms with Crippen LogP contribution in [0.4, 0.5) is 11.4 Å². The predicted octanol–water partition coefficient (Wildman–Crippen LogP) is 3.47. The predicted molar refractivity (Wildman–Crippen MR) is 134 cm³/mol. The fourth-order valence-electron chi connectivity index (χ4n) is 4.07. The second kappa shape index (κ2) is 11.5. The van der Waals surface area contributed by atoms with Gasteiger partial charge in [0.25, 0.3) is 5.91 Å². The number of anilines is 2. The van der Waals surface area contributed by atoms with Crippen molar-refractivity contribution in [1.82, 2.24) is 4.90 Å². The number of nitrogens with one attached hydrogen (secondary N) is 1. The molecule has 2 heterocycles. The Morgan fingerprint density at radius 2 is 1.76 bits per heavy atom. The van der Waals surface area contributed by atoms with Gasteiger partial charge in [-0.15, -0.1) is 11.8 Å². The van der Waals surface area contributed by atoms with Crippen molar-refractivity contribution >= 4 is 35.0 Å². The minimum absolute atomic E-state index is 0.145. The molecule has 34 heavy (non-hydrogen) atoms. The van der Waals surface area contributed by atoms with E-state index in [1.807, 2.05) is 44.2 Å². The van der Waals surface area contributed by atoms with E-state index in [9.17, 15) is 9.59 Å². The van der Waals surface area contributed by atoms with Crippen molar-refractivity contribution in [3.05, 3.63) is 48.0 Å². The van der Waals surface area contributed by atoms with Crippen LogP contribution in [0.3, 0.4) is 0 Å². The van der Waals surface area contributed by atoms with Crippen LogP contribution in [0.5, 0.6) is 11.5 Å². The van der Waals surface area contributed by atoms with Crippen LogP contribution in [0.15, 0.2) is 42.5 Å². The molecular formula is C25H31N3O5S. The van der Waals surface area contributed by atoms with Crippen LogP contribution < -0.4 is 19.7 Å². The number of amides is 2. The molecule has 0 aliphatic carbocycles. The van der Waals surface area contributed by atoms with E-state index in [0.29, 0.717) is 60.8 Å². The summed E-state index contributed by atoms with van der Waals surface area (Å²) >= 11 is 1.57. The number of benzene rings is 2. The van der Waals surface area contributed by atoms with Gasteiger partial charge in [0.2, 0.25) is 5.91 Å². The van der Waals surface area contributed by atoms with Gasteiger partial charge in [-0.1, -0.05) is 18.2 Å². The lowest BCUT2D eigenvalue weighted by Gasteiger charge is -2.31. The van der Waals surface area contributed by atoms with Crippen LogP contribution in [0.25, 0.3) is 0 Å². The Morgan fingerprint density at radius 1 is 1.06 bits per heavy atom. The Balaban J connectivity index is 1.58. The van der Waals surface area contributed by atoms with E-state index in [1.54, 1.807) is 28.8 Å². The van der Waals surface area contributed by atoms with E-state index >= 15 is 0 Å². The fourth-order valence-corrected chi connectivity index (χ4v) is 5.22. The molecule has 2 aliphatic rings. The van der Waals surface area contributed by atoms with Gasteiger partial charge in [0.05, 0.1) is 43.7 Å². The SMILES string of the molecule is CCOc1cc(N2CCOCC2)c(OCC)cc1NC(=O)[C@@H]1CSCN1C(=O)c1ccccc1. The topological polar surface area (TPSA) is 80.3 Å². The van der Waals surface area contributed by atoms with Gasteiger partial charge in [-0.2, -0.15) is 0 Å². The standard InChI is InChI=1S/C25H31N3O5S/c1-3-32-22-15-20(27-10-12-31-13-11-27)23(33-4-2)14-19(22)26-24(29)21-16-34-17-28(21)25(30)18-8-6-5-7-9-18/h5-9,14-15,21H,3-4,10-13,16-17H2,1-2H3,(H,26,29)/t21-/m0/s1. The van der Waals surface area contributed by atoms with Crippen molar-refractivity contribution in [1.29, 1.82) is 0 Å². The van der Waals surface area contributed by atoms with Gasteiger partial charge in [-0.25, -0.2) is 0 Å². The molecular weight excluding hydrogens is 454 g/mol. The van der Waals surface area contributed by atoms with E-state index in [-0.39, 0.29) is 11.8 Å². The van der Waals surface area contributed by atoms with Crippen molar-refractivity contribution in [3.63, 3.8) is 0 Å². The molecule has 8 nitrogen and oxygen atoms in total. The Kier molecular flexibility index (Phi) is 8.18. The first-order chi connectivity index (χ1) is 16.6. The second-order valence-electron chi connectivity index (χ2n) is 7.93. The van der Waals surface area contributed by atoms with Crippen LogP contribution in [0, 0.1) is 0 Å². The first-order valence-electron chi connectivity index (χ1n) is 11.6. The maximum absolute atomic E-state index is 13.3. The lowest BCUT2D eigenvalue weighted by Crippen LogP contribution is -2.44. The molecule has 0 unspecified atom stereocenters. The molecule has 9 heteroatoms. The van der Waals surface area contributed by atoms with Crippen LogP contribution in [0.2, 0.25) is 0 Å². The van der Waals surface area contributed by atoms with Gasteiger partial charge in [0.1, 0.15) is 17.5 Å². The molecule has 182 valence electrons. The van der Waals surface area contributed by atoms with Crippen LogP contribution in [0.1, 0.15) is 24.2 Å². The Labute approximate surface area is 204 Å². The van der Waals surface area contributed by atoms with Crippen LogP contribution in [-0.4, -0.2) is 73.9 Å². The molecule has 0 radical (unpaired) electrons. The number of morpholine rings is 1. The third-order valence-corrected chi connectivity index (χ3v) is 6.75. The summed E-state index contributed by atoms with van der Waals surface area (Å²) < 4.78 is 17.3. The highest BCUT2D eigenvalue weighted by Gasteiger charge is 2.35. The summed E-state index contributed by atoms with van der Waals surface area (Å²) in [7, 11) is 0. The quantitative estimate of drug-likeness (QED) is 0.613. The summed E-state index contributed by atoms with van der Waals surface area (Å²) in [6.07, 6.45) is 0. The van der Waals surface area contributed by atoms with Crippen molar-refractivity contribution in [2.75, 3.05) is 61.4 Å². The van der Waals surface area contributed by atoms with Gasteiger partial charge in [-0.3, -0.25) is 9.59 Å². The van der Waals surface area contributed by atoms with Crippen molar-refractivity contribution < 1.29 is 23.8 Å². The van der Waals surface area contributed by atoms with E-state index in [1.165, 1.54) is 0 Å². The number of carbonyl (C=O) groups is 2. The average Bonchev–Trinajstić information content (AvgIpc) is 3.36. The number of thioether (sulfide) groups is 1.